The van der Waals surface area contributed by atoms with Gasteiger partial charge in [-0.1, -0.05) is 53.5 Å². The largest absolute Gasteiger partial charge is 0.366 e. The molecular weight excluding hydrogens is 604 g/mol. The Balaban J connectivity index is 1.36. The lowest BCUT2D eigenvalue weighted by Gasteiger charge is -2.13. The van der Waals surface area contributed by atoms with Gasteiger partial charge >= 0.3 is 0 Å². The Morgan fingerprint density at radius 2 is 1.76 bits per heavy atom. The zero-order valence-corrected chi connectivity index (χ0v) is 22.7. The van der Waals surface area contributed by atoms with Gasteiger partial charge in [0.2, 0.25) is 0 Å². The first kappa shape index (κ1) is 25.5. The zero-order chi connectivity index (χ0) is 26.2. The third-order valence-electron chi connectivity index (χ3n) is 5.44. The Morgan fingerprint density at radius 3 is 2.49 bits per heavy atom. The second-order valence-corrected chi connectivity index (χ2v) is 11.3. The fourth-order valence-electron chi connectivity index (χ4n) is 3.66. The van der Waals surface area contributed by atoms with Gasteiger partial charge in [-0.15, -0.1) is 0 Å². The van der Waals surface area contributed by atoms with Gasteiger partial charge in [-0.25, -0.2) is 17.8 Å². The molecule has 0 aliphatic rings. The molecule has 0 saturated carbocycles. The standard InChI is InChI=1S/C25H17BrCl2FN5O2S/c26-19-14-31-34-24(12-22(32-25(19)34)18-3-1-2-4-20(18)28)30-13-15-5-8-17(9-6-15)33-37(35,36)23-10-7-16(27)11-21(23)29/h1-12,14,30,33H,13H2. The number of nitrogens with one attached hydrogen (secondary N) is 2. The molecule has 0 saturated heterocycles. The van der Waals surface area contributed by atoms with Crippen LogP contribution in [0.1, 0.15) is 5.56 Å². The molecule has 2 heterocycles. The number of nitrogens with zero attached hydrogens (tertiary/aromatic N) is 3. The molecule has 2 N–H and O–H groups in total. The summed E-state index contributed by atoms with van der Waals surface area (Å²) < 4.78 is 44.1. The fourth-order valence-corrected chi connectivity index (χ4v) is 5.51. The maximum absolute atomic E-state index is 14.1. The van der Waals surface area contributed by atoms with Crippen LogP contribution >= 0.6 is 39.1 Å². The van der Waals surface area contributed by atoms with Crippen molar-refractivity contribution in [3.63, 3.8) is 0 Å². The Morgan fingerprint density at radius 1 is 1.00 bits per heavy atom. The molecule has 3 aromatic carbocycles. The minimum Gasteiger partial charge on any atom is -0.366 e. The molecule has 0 fully saturated rings. The van der Waals surface area contributed by atoms with Crippen LogP contribution in [0.4, 0.5) is 15.9 Å². The molecule has 5 aromatic rings. The second kappa shape index (κ2) is 10.3. The van der Waals surface area contributed by atoms with Crippen LogP contribution in [0.3, 0.4) is 0 Å². The van der Waals surface area contributed by atoms with Crippen molar-refractivity contribution in [2.75, 3.05) is 10.0 Å². The number of rotatable bonds is 7. The molecule has 188 valence electrons. The summed E-state index contributed by atoms with van der Waals surface area (Å²) in [6, 6.07) is 19.4. The molecule has 0 atom stereocenters. The van der Waals surface area contributed by atoms with Crippen LogP contribution in [0.15, 0.2) is 88.4 Å². The van der Waals surface area contributed by atoms with Gasteiger partial charge in [0.25, 0.3) is 10.0 Å². The minimum absolute atomic E-state index is 0.112. The zero-order valence-electron chi connectivity index (χ0n) is 18.8. The lowest BCUT2D eigenvalue weighted by Crippen LogP contribution is -2.14. The molecule has 0 bridgehead atoms. The average Bonchev–Trinajstić information content (AvgIpc) is 3.24. The predicted octanol–water partition coefficient (Wildman–Crippen LogP) is 7.02. The highest BCUT2D eigenvalue weighted by Crippen LogP contribution is 2.30. The van der Waals surface area contributed by atoms with Gasteiger partial charge in [0.1, 0.15) is 16.5 Å². The highest BCUT2D eigenvalue weighted by molar-refractivity contribution is 9.10. The van der Waals surface area contributed by atoms with E-state index in [1.54, 1.807) is 41.0 Å². The molecule has 0 unspecified atom stereocenters. The normalized spacial score (nSPS) is 11.6. The number of aromatic nitrogens is 3. The number of benzene rings is 3. The summed E-state index contributed by atoms with van der Waals surface area (Å²) in [5, 5.41) is 8.42. The average molecular weight is 621 g/mol. The van der Waals surface area contributed by atoms with E-state index in [2.05, 4.69) is 31.1 Å². The van der Waals surface area contributed by atoms with Crippen molar-refractivity contribution in [1.29, 1.82) is 0 Å². The Bertz CT molecular complexity index is 1730. The lowest BCUT2D eigenvalue weighted by atomic mass is 10.1. The smallest absolute Gasteiger partial charge is 0.264 e. The number of sulfonamides is 1. The molecule has 5 rings (SSSR count). The van der Waals surface area contributed by atoms with Gasteiger partial charge in [0.15, 0.2) is 5.65 Å². The van der Waals surface area contributed by atoms with E-state index in [4.69, 9.17) is 28.2 Å². The Labute approximate surface area is 230 Å². The summed E-state index contributed by atoms with van der Waals surface area (Å²) in [6.45, 7) is 0.414. The first-order valence-corrected chi connectivity index (χ1v) is 13.8. The van der Waals surface area contributed by atoms with E-state index in [-0.39, 0.29) is 5.02 Å². The number of hydrogen-bond donors (Lipinski definition) is 2. The topological polar surface area (TPSA) is 88.4 Å². The lowest BCUT2D eigenvalue weighted by molar-refractivity contribution is 0.570. The summed E-state index contributed by atoms with van der Waals surface area (Å²) in [5.41, 5.74) is 3.26. The Hall–Kier alpha value is -3.18. The van der Waals surface area contributed by atoms with E-state index in [9.17, 15) is 12.8 Å². The maximum atomic E-state index is 14.1. The van der Waals surface area contributed by atoms with Crippen LogP contribution in [-0.4, -0.2) is 23.0 Å². The quantitative estimate of drug-likeness (QED) is 0.204. The number of anilines is 2. The highest BCUT2D eigenvalue weighted by atomic mass is 79.9. The number of fused-ring (bicyclic) bond motifs is 1. The molecule has 0 amide bonds. The van der Waals surface area contributed by atoms with E-state index >= 15 is 0 Å². The van der Waals surface area contributed by atoms with Crippen molar-refractivity contribution in [2.45, 2.75) is 11.4 Å². The maximum Gasteiger partial charge on any atom is 0.264 e. The van der Waals surface area contributed by atoms with E-state index in [0.29, 0.717) is 34.4 Å². The van der Waals surface area contributed by atoms with Crippen molar-refractivity contribution >= 4 is 66.3 Å². The summed E-state index contributed by atoms with van der Waals surface area (Å²) in [5.74, 6) is -0.237. The first-order valence-electron chi connectivity index (χ1n) is 10.8. The number of halogens is 4. The van der Waals surface area contributed by atoms with Crippen LogP contribution in [0, 0.1) is 5.82 Å². The summed E-state index contributed by atoms with van der Waals surface area (Å²) in [4.78, 5) is 4.21. The molecular formula is C25H17BrCl2FN5O2S. The van der Waals surface area contributed by atoms with Crippen LogP contribution < -0.4 is 10.0 Å². The molecule has 0 aliphatic heterocycles. The Kier molecular flexibility index (Phi) is 7.09. The number of hydrogen-bond acceptors (Lipinski definition) is 5. The van der Waals surface area contributed by atoms with E-state index in [1.165, 1.54) is 6.07 Å². The summed E-state index contributed by atoms with van der Waals surface area (Å²) >= 11 is 15.6. The molecule has 7 nitrogen and oxygen atoms in total. The van der Waals surface area contributed by atoms with Gasteiger partial charge in [-0.05, 0) is 57.9 Å². The van der Waals surface area contributed by atoms with Crippen molar-refractivity contribution < 1.29 is 12.8 Å². The molecule has 0 aliphatic carbocycles. The van der Waals surface area contributed by atoms with Gasteiger partial charge < -0.3 is 5.32 Å². The first-order chi connectivity index (χ1) is 17.7. The van der Waals surface area contributed by atoms with E-state index in [1.807, 2.05) is 24.3 Å². The van der Waals surface area contributed by atoms with Gasteiger partial charge in [-0.2, -0.15) is 9.61 Å². The van der Waals surface area contributed by atoms with Crippen molar-refractivity contribution in [3.05, 3.63) is 105 Å². The molecule has 12 heteroatoms. The monoisotopic (exact) mass is 619 g/mol. The van der Waals surface area contributed by atoms with Crippen LogP contribution in [0.25, 0.3) is 16.9 Å². The highest BCUT2D eigenvalue weighted by Gasteiger charge is 2.19. The summed E-state index contributed by atoms with van der Waals surface area (Å²) in [6.07, 6.45) is 1.66. The van der Waals surface area contributed by atoms with Crippen LogP contribution in [0.5, 0.6) is 0 Å². The van der Waals surface area contributed by atoms with Crippen molar-refractivity contribution in [2.24, 2.45) is 0 Å². The van der Waals surface area contributed by atoms with Crippen molar-refractivity contribution in [3.8, 4) is 11.3 Å². The fraction of sp³-hybridized carbons (Fsp3) is 0.0400. The third kappa shape index (κ3) is 5.42. The van der Waals surface area contributed by atoms with Gasteiger partial charge in [0, 0.05) is 33.9 Å². The molecule has 0 radical (unpaired) electrons. The minimum atomic E-state index is -4.12. The third-order valence-corrected chi connectivity index (χ3v) is 7.98. The molecule has 2 aromatic heterocycles. The molecule has 37 heavy (non-hydrogen) atoms. The van der Waals surface area contributed by atoms with Crippen LogP contribution in [0.2, 0.25) is 10.0 Å². The SMILES string of the molecule is O=S(=O)(Nc1ccc(CNc2cc(-c3ccccc3Cl)nc3c(Br)cnn23)cc1)c1ccc(Cl)cc1F. The molecule has 0 spiro atoms. The summed E-state index contributed by atoms with van der Waals surface area (Å²) in [7, 11) is -4.12. The van der Waals surface area contributed by atoms with E-state index in [0.717, 1.165) is 27.7 Å². The van der Waals surface area contributed by atoms with Gasteiger partial charge in [0.05, 0.1) is 16.4 Å². The van der Waals surface area contributed by atoms with Crippen LogP contribution in [-0.2, 0) is 16.6 Å². The van der Waals surface area contributed by atoms with Gasteiger partial charge in [-0.3, -0.25) is 4.72 Å². The predicted molar refractivity (Wildman–Crippen MR) is 147 cm³/mol. The van der Waals surface area contributed by atoms with E-state index < -0.39 is 20.7 Å². The second-order valence-electron chi connectivity index (χ2n) is 7.97. The van der Waals surface area contributed by atoms with Crippen molar-refractivity contribution in [1.82, 2.24) is 14.6 Å².